The predicted octanol–water partition coefficient (Wildman–Crippen LogP) is 1.67. The van der Waals surface area contributed by atoms with Crippen molar-refractivity contribution in [2.24, 2.45) is 0 Å². The van der Waals surface area contributed by atoms with Gasteiger partial charge >= 0.3 is 0 Å². The number of nitrogens with one attached hydrogen (secondary N) is 2. The van der Waals surface area contributed by atoms with Crippen LogP contribution in [0.4, 0.5) is 4.39 Å². The van der Waals surface area contributed by atoms with Crippen molar-refractivity contribution in [1.29, 1.82) is 0 Å². The van der Waals surface area contributed by atoms with Gasteiger partial charge in [-0.3, -0.25) is 0 Å². The van der Waals surface area contributed by atoms with E-state index in [1.165, 1.54) is 6.07 Å². The SMILES string of the molecule is Fc1cccc(CNC2CCNCC2)c1. The molecule has 0 aliphatic carbocycles. The van der Waals surface area contributed by atoms with Gasteiger partial charge in [-0.2, -0.15) is 0 Å². The molecule has 0 unspecified atom stereocenters. The maximum absolute atomic E-state index is 12.9. The number of hydrogen-bond acceptors (Lipinski definition) is 2. The van der Waals surface area contributed by atoms with Crippen molar-refractivity contribution in [3.63, 3.8) is 0 Å². The van der Waals surface area contributed by atoms with Crippen LogP contribution in [0, 0.1) is 5.82 Å². The van der Waals surface area contributed by atoms with E-state index in [0.717, 1.165) is 38.0 Å². The zero-order chi connectivity index (χ0) is 10.5. The van der Waals surface area contributed by atoms with Gasteiger partial charge in [0, 0.05) is 12.6 Å². The van der Waals surface area contributed by atoms with Crippen LogP contribution in [-0.2, 0) is 6.54 Å². The van der Waals surface area contributed by atoms with Gasteiger partial charge in [-0.25, -0.2) is 4.39 Å². The molecule has 0 bridgehead atoms. The fourth-order valence-electron chi connectivity index (χ4n) is 1.94. The lowest BCUT2D eigenvalue weighted by Crippen LogP contribution is -2.39. The summed E-state index contributed by atoms with van der Waals surface area (Å²) in [7, 11) is 0. The number of rotatable bonds is 3. The van der Waals surface area contributed by atoms with Crippen molar-refractivity contribution in [3.05, 3.63) is 35.6 Å². The van der Waals surface area contributed by atoms with Gasteiger partial charge in [0.2, 0.25) is 0 Å². The summed E-state index contributed by atoms with van der Waals surface area (Å²) in [5.74, 6) is -0.153. The van der Waals surface area contributed by atoms with Crippen molar-refractivity contribution in [2.75, 3.05) is 13.1 Å². The Labute approximate surface area is 89.9 Å². The Morgan fingerprint density at radius 1 is 1.33 bits per heavy atom. The third-order valence-corrected chi connectivity index (χ3v) is 2.82. The molecular formula is C12H17FN2. The molecule has 0 spiro atoms. The van der Waals surface area contributed by atoms with Crippen LogP contribution < -0.4 is 10.6 Å². The van der Waals surface area contributed by atoms with Crippen LogP contribution in [-0.4, -0.2) is 19.1 Å². The van der Waals surface area contributed by atoms with E-state index in [4.69, 9.17) is 0 Å². The van der Waals surface area contributed by atoms with Gasteiger partial charge in [0.05, 0.1) is 0 Å². The fraction of sp³-hybridized carbons (Fsp3) is 0.500. The topological polar surface area (TPSA) is 24.1 Å². The minimum atomic E-state index is -0.153. The largest absolute Gasteiger partial charge is 0.317 e. The lowest BCUT2D eigenvalue weighted by Gasteiger charge is -2.23. The Morgan fingerprint density at radius 2 is 2.13 bits per heavy atom. The summed E-state index contributed by atoms with van der Waals surface area (Å²) < 4.78 is 12.9. The normalized spacial score (nSPS) is 17.9. The lowest BCUT2D eigenvalue weighted by molar-refractivity contribution is 0.386. The van der Waals surface area contributed by atoms with Crippen molar-refractivity contribution in [1.82, 2.24) is 10.6 Å². The molecule has 2 rings (SSSR count). The van der Waals surface area contributed by atoms with Crippen molar-refractivity contribution in [3.8, 4) is 0 Å². The number of hydrogen-bond donors (Lipinski definition) is 2. The highest BCUT2D eigenvalue weighted by atomic mass is 19.1. The molecule has 0 saturated carbocycles. The van der Waals surface area contributed by atoms with Crippen molar-refractivity contribution in [2.45, 2.75) is 25.4 Å². The second-order valence-electron chi connectivity index (χ2n) is 4.04. The highest BCUT2D eigenvalue weighted by Gasteiger charge is 2.11. The monoisotopic (exact) mass is 208 g/mol. The van der Waals surface area contributed by atoms with Gasteiger partial charge < -0.3 is 10.6 Å². The minimum absolute atomic E-state index is 0.153. The van der Waals surface area contributed by atoms with Gasteiger partial charge in [0.25, 0.3) is 0 Å². The second kappa shape index (κ2) is 5.24. The highest BCUT2D eigenvalue weighted by Crippen LogP contribution is 2.06. The molecule has 2 N–H and O–H groups in total. The number of benzene rings is 1. The quantitative estimate of drug-likeness (QED) is 0.789. The van der Waals surface area contributed by atoms with E-state index >= 15 is 0 Å². The Morgan fingerprint density at radius 3 is 2.87 bits per heavy atom. The fourth-order valence-corrected chi connectivity index (χ4v) is 1.94. The Hall–Kier alpha value is -0.930. The van der Waals surface area contributed by atoms with Crippen LogP contribution in [0.15, 0.2) is 24.3 Å². The van der Waals surface area contributed by atoms with Gasteiger partial charge in [0.1, 0.15) is 5.82 Å². The molecule has 82 valence electrons. The van der Waals surface area contributed by atoms with Crippen LogP contribution in [0.3, 0.4) is 0 Å². The van der Waals surface area contributed by atoms with Gasteiger partial charge in [-0.05, 0) is 43.6 Å². The van der Waals surface area contributed by atoms with E-state index in [1.54, 1.807) is 12.1 Å². The molecule has 1 aliphatic heterocycles. The van der Waals surface area contributed by atoms with E-state index in [1.807, 2.05) is 6.07 Å². The first-order chi connectivity index (χ1) is 7.34. The average molecular weight is 208 g/mol. The van der Waals surface area contributed by atoms with Crippen LogP contribution >= 0.6 is 0 Å². The molecule has 1 heterocycles. The Bertz CT molecular complexity index is 308. The summed E-state index contributed by atoms with van der Waals surface area (Å²) in [5.41, 5.74) is 1.02. The number of halogens is 1. The van der Waals surface area contributed by atoms with E-state index in [-0.39, 0.29) is 5.82 Å². The summed E-state index contributed by atoms with van der Waals surface area (Å²) in [4.78, 5) is 0. The van der Waals surface area contributed by atoms with E-state index in [9.17, 15) is 4.39 Å². The molecule has 1 aliphatic rings. The highest BCUT2D eigenvalue weighted by molar-refractivity contribution is 5.16. The molecule has 3 heteroatoms. The first kappa shape index (κ1) is 10.6. The van der Waals surface area contributed by atoms with Crippen LogP contribution in [0.1, 0.15) is 18.4 Å². The molecule has 0 atom stereocenters. The standard InChI is InChI=1S/C12H17FN2/c13-11-3-1-2-10(8-11)9-15-12-4-6-14-7-5-12/h1-3,8,12,14-15H,4-7,9H2. The van der Waals surface area contributed by atoms with Gasteiger partial charge in [-0.1, -0.05) is 12.1 Å². The third-order valence-electron chi connectivity index (χ3n) is 2.82. The lowest BCUT2D eigenvalue weighted by atomic mass is 10.1. The molecule has 1 saturated heterocycles. The van der Waals surface area contributed by atoms with E-state index in [0.29, 0.717) is 6.04 Å². The molecule has 1 aromatic carbocycles. The third kappa shape index (κ3) is 3.29. The average Bonchev–Trinajstić information content (AvgIpc) is 2.28. The molecule has 1 fully saturated rings. The Balaban J connectivity index is 1.81. The summed E-state index contributed by atoms with van der Waals surface area (Å²) in [6.07, 6.45) is 2.32. The zero-order valence-corrected chi connectivity index (χ0v) is 8.80. The maximum Gasteiger partial charge on any atom is 0.123 e. The molecule has 0 amide bonds. The smallest absolute Gasteiger partial charge is 0.123 e. The second-order valence-corrected chi connectivity index (χ2v) is 4.04. The summed E-state index contributed by atoms with van der Waals surface area (Å²) in [6, 6.07) is 7.36. The van der Waals surface area contributed by atoms with Gasteiger partial charge in [0.15, 0.2) is 0 Å². The van der Waals surface area contributed by atoms with Crippen LogP contribution in [0.2, 0.25) is 0 Å². The maximum atomic E-state index is 12.9. The molecule has 0 radical (unpaired) electrons. The summed E-state index contributed by atoms with van der Waals surface area (Å²) >= 11 is 0. The molecule has 2 nitrogen and oxygen atoms in total. The molecule has 1 aromatic rings. The summed E-state index contributed by atoms with van der Waals surface area (Å²) in [5, 5.41) is 6.78. The van der Waals surface area contributed by atoms with Crippen LogP contribution in [0.5, 0.6) is 0 Å². The first-order valence-electron chi connectivity index (χ1n) is 5.53. The van der Waals surface area contributed by atoms with E-state index in [2.05, 4.69) is 10.6 Å². The summed E-state index contributed by atoms with van der Waals surface area (Å²) in [6.45, 7) is 2.93. The zero-order valence-electron chi connectivity index (χ0n) is 8.80. The Kier molecular flexibility index (Phi) is 3.69. The predicted molar refractivity (Wildman–Crippen MR) is 59.1 cm³/mol. The van der Waals surface area contributed by atoms with E-state index < -0.39 is 0 Å². The minimum Gasteiger partial charge on any atom is -0.317 e. The number of piperidine rings is 1. The van der Waals surface area contributed by atoms with Crippen LogP contribution in [0.25, 0.3) is 0 Å². The molecular weight excluding hydrogens is 191 g/mol. The van der Waals surface area contributed by atoms with Crippen molar-refractivity contribution >= 4 is 0 Å². The van der Waals surface area contributed by atoms with Crippen molar-refractivity contribution < 1.29 is 4.39 Å². The molecule has 0 aromatic heterocycles. The first-order valence-corrected chi connectivity index (χ1v) is 5.53. The van der Waals surface area contributed by atoms with Gasteiger partial charge in [-0.15, -0.1) is 0 Å². The molecule has 15 heavy (non-hydrogen) atoms.